The minimum absolute atomic E-state index is 0.291. The molecule has 0 N–H and O–H groups in total. The molecule has 0 spiro atoms. The van der Waals surface area contributed by atoms with Crippen molar-refractivity contribution < 1.29 is 0 Å². The minimum atomic E-state index is -0.291. The zero-order chi connectivity index (χ0) is 17.4. The zero-order valence-corrected chi connectivity index (χ0v) is 14.5. The topological polar surface area (TPSA) is 12.4 Å². The Morgan fingerprint density at radius 3 is 2.00 bits per heavy atom. The molecule has 3 aromatic carbocycles. The van der Waals surface area contributed by atoms with Gasteiger partial charge in [-0.1, -0.05) is 91.0 Å². The van der Waals surface area contributed by atoms with E-state index in [1.807, 2.05) is 6.21 Å². The SMILES string of the molecule is C1=CC2=C(CN=C1)C(c1ccccc1)(c1ccccc1)c1ccccc12. The van der Waals surface area contributed by atoms with E-state index in [9.17, 15) is 0 Å². The average Bonchev–Trinajstić information content (AvgIpc) is 2.84. The van der Waals surface area contributed by atoms with Crippen molar-refractivity contribution in [2.24, 2.45) is 4.99 Å². The Hall–Kier alpha value is -3.19. The lowest BCUT2D eigenvalue weighted by atomic mass is 9.67. The maximum Gasteiger partial charge on any atom is 0.0694 e. The number of fused-ring (bicyclic) bond motifs is 2. The minimum Gasteiger partial charge on any atom is -0.289 e. The molecule has 0 fully saturated rings. The molecule has 0 aromatic heterocycles. The summed E-state index contributed by atoms with van der Waals surface area (Å²) in [5, 5.41) is 0. The van der Waals surface area contributed by atoms with Crippen LogP contribution >= 0.6 is 0 Å². The summed E-state index contributed by atoms with van der Waals surface area (Å²) in [6.45, 7) is 0.709. The third kappa shape index (κ3) is 2.01. The lowest BCUT2D eigenvalue weighted by molar-refractivity contribution is 0.726. The van der Waals surface area contributed by atoms with E-state index in [-0.39, 0.29) is 5.41 Å². The van der Waals surface area contributed by atoms with Crippen LogP contribution in [0.2, 0.25) is 0 Å². The highest BCUT2D eigenvalue weighted by molar-refractivity contribution is 5.93. The smallest absolute Gasteiger partial charge is 0.0694 e. The number of rotatable bonds is 2. The highest BCUT2D eigenvalue weighted by Gasteiger charge is 2.46. The van der Waals surface area contributed by atoms with Crippen LogP contribution < -0.4 is 0 Å². The second kappa shape index (κ2) is 5.96. The van der Waals surface area contributed by atoms with Gasteiger partial charge < -0.3 is 0 Å². The van der Waals surface area contributed by atoms with Crippen molar-refractivity contribution in [1.82, 2.24) is 0 Å². The van der Waals surface area contributed by atoms with E-state index in [1.165, 1.54) is 33.4 Å². The Balaban J connectivity index is 1.94. The molecule has 1 heterocycles. The molecule has 26 heavy (non-hydrogen) atoms. The largest absolute Gasteiger partial charge is 0.289 e. The predicted molar refractivity (Wildman–Crippen MR) is 109 cm³/mol. The van der Waals surface area contributed by atoms with E-state index < -0.39 is 0 Å². The Labute approximate surface area is 154 Å². The van der Waals surface area contributed by atoms with Gasteiger partial charge in [0, 0.05) is 6.21 Å². The second-order valence-corrected chi connectivity index (χ2v) is 6.77. The van der Waals surface area contributed by atoms with Crippen molar-refractivity contribution in [3.63, 3.8) is 0 Å². The van der Waals surface area contributed by atoms with E-state index in [4.69, 9.17) is 0 Å². The highest BCUT2D eigenvalue weighted by atomic mass is 14.7. The van der Waals surface area contributed by atoms with Gasteiger partial charge in [0.1, 0.15) is 0 Å². The van der Waals surface area contributed by atoms with Gasteiger partial charge in [0.15, 0.2) is 0 Å². The van der Waals surface area contributed by atoms with Crippen molar-refractivity contribution in [2.75, 3.05) is 6.54 Å². The number of hydrogen-bond acceptors (Lipinski definition) is 1. The van der Waals surface area contributed by atoms with Crippen LogP contribution in [0, 0.1) is 0 Å². The molecule has 1 nitrogen and oxygen atoms in total. The summed E-state index contributed by atoms with van der Waals surface area (Å²) in [4.78, 5) is 4.67. The van der Waals surface area contributed by atoms with Crippen LogP contribution in [0.1, 0.15) is 22.3 Å². The molecule has 0 bridgehead atoms. The summed E-state index contributed by atoms with van der Waals surface area (Å²) in [7, 11) is 0. The first kappa shape index (κ1) is 15.1. The van der Waals surface area contributed by atoms with Crippen molar-refractivity contribution in [3.05, 3.63) is 125 Å². The van der Waals surface area contributed by atoms with Gasteiger partial charge in [0.05, 0.1) is 12.0 Å². The van der Waals surface area contributed by atoms with Gasteiger partial charge in [0.2, 0.25) is 0 Å². The summed E-state index contributed by atoms with van der Waals surface area (Å²) >= 11 is 0. The van der Waals surface area contributed by atoms with Crippen LogP contribution in [0.4, 0.5) is 0 Å². The molecule has 0 unspecified atom stereocenters. The molecule has 5 rings (SSSR count). The first-order valence-corrected chi connectivity index (χ1v) is 9.03. The Morgan fingerprint density at radius 1 is 0.692 bits per heavy atom. The molecule has 2 aliphatic rings. The molecule has 1 aliphatic heterocycles. The third-order valence-electron chi connectivity index (χ3n) is 5.52. The maximum atomic E-state index is 4.67. The molecule has 124 valence electrons. The summed E-state index contributed by atoms with van der Waals surface area (Å²) in [5.41, 5.74) is 7.65. The van der Waals surface area contributed by atoms with Crippen molar-refractivity contribution in [3.8, 4) is 0 Å². The lowest BCUT2D eigenvalue weighted by Gasteiger charge is -2.35. The number of hydrogen-bond donors (Lipinski definition) is 0. The summed E-state index contributed by atoms with van der Waals surface area (Å²) in [6.07, 6.45) is 6.20. The number of allylic oxidation sites excluding steroid dienone is 3. The number of nitrogens with zero attached hydrogens (tertiary/aromatic N) is 1. The standard InChI is InChI=1S/C25H19N/c1-3-10-19(11-4-1)25(20-12-5-2-6-13-20)23-16-8-7-14-21(23)22-15-9-17-26-18-24(22)25/h1-17H,18H2. The van der Waals surface area contributed by atoms with Gasteiger partial charge in [-0.25, -0.2) is 0 Å². The molecule has 0 saturated heterocycles. The fourth-order valence-corrected chi connectivity index (χ4v) is 4.51. The normalized spacial score (nSPS) is 16.9. The van der Waals surface area contributed by atoms with Gasteiger partial charge >= 0.3 is 0 Å². The Bertz CT molecular complexity index is 1000. The lowest BCUT2D eigenvalue weighted by Crippen LogP contribution is -2.31. The van der Waals surface area contributed by atoms with Gasteiger partial charge in [-0.3, -0.25) is 4.99 Å². The molecule has 1 aliphatic carbocycles. The summed E-state index contributed by atoms with van der Waals surface area (Å²) in [6, 6.07) is 30.5. The molecule has 1 heteroatoms. The number of benzene rings is 3. The molecule has 0 amide bonds. The molecular weight excluding hydrogens is 314 g/mol. The van der Waals surface area contributed by atoms with E-state index in [2.05, 4.69) is 102 Å². The molecule has 3 aromatic rings. The van der Waals surface area contributed by atoms with Crippen molar-refractivity contribution in [1.29, 1.82) is 0 Å². The van der Waals surface area contributed by atoms with Gasteiger partial charge in [0.25, 0.3) is 0 Å². The Morgan fingerprint density at radius 2 is 1.31 bits per heavy atom. The van der Waals surface area contributed by atoms with Crippen LogP contribution in [-0.2, 0) is 5.41 Å². The van der Waals surface area contributed by atoms with Crippen LogP contribution in [0.3, 0.4) is 0 Å². The maximum absolute atomic E-state index is 4.67. The van der Waals surface area contributed by atoms with Crippen molar-refractivity contribution in [2.45, 2.75) is 5.41 Å². The van der Waals surface area contributed by atoms with Crippen LogP contribution in [0.15, 0.2) is 108 Å². The average molecular weight is 333 g/mol. The first-order chi connectivity index (χ1) is 12.9. The van der Waals surface area contributed by atoms with Gasteiger partial charge in [-0.05, 0) is 39.5 Å². The molecule has 0 radical (unpaired) electrons. The Kier molecular flexibility index (Phi) is 3.46. The van der Waals surface area contributed by atoms with Crippen molar-refractivity contribution >= 4 is 11.8 Å². The van der Waals surface area contributed by atoms with E-state index >= 15 is 0 Å². The second-order valence-electron chi connectivity index (χ2n) is 6.77. The summed E-state index contributed by atoms with van der Waals surface area (Å²) in [5.74, 6) is 0. The molecule has 0 atom stereocenters. The van der Waals surface area contributed by atoms with E-state index in [0.717, 1.165) is 0 Å². The fraction of sp³-hybridized carbons (Fsp3) is 0.0800. The van der Waals surface area contributed by atoms with Gasteiger partial charge in [-0.15, -0.1) is 0 Å². The monoisotopic (exact) mass is 333 g/mol. The zero-order valence-electron chi connectivity index (χ0n) is 14.5. The highest BCUT2D eigenvalue weighted by Crippen LogP contribution is 2.54. The van der Waals surface area contributed by atoms with E-state index in [0.29, 0.717) is 6.54 Å². The van der Waals surface area contributed by atoms with E-state index in [1.54, 1.807) is 0 Å². The van der Waals surface area contributed by atoms with Crippen LogP contribution in [0.5, 0.6) is 0 Å². The third-order valence-corrected chi connectivity index (χ3v) is 5.52. The first-order valence-electron chi connectivity index (χ1n) is 9.03. The quantitative estimate of drug-likeness (QED) is 0.593. The van der Waals surface area contributed by atoms with Gasteiger partial charge in [-0.2, -0.15) is 0 Å². The molecule has 0 saturated carbocycles. The van der Waals surface area contributed by atoms with Crippen LogP contribution in [0.25, 0.3) is 5.57 Å². The molecular formula is C25H19N. The number of aliphatic imine (C=N–C) groups is 1. The summed E-state index contributed by atoms with van der Waals surface area (Å²) < 4.78 is 0. The van der Waals surface area contributed by atoms with Crippen LogP contribution in [-0.4, -0.2) is 12.8 Å². The fourth-order valence-electron chi connectivity index (χ4n) is 4.51. The predicted octanol–water partition coefficient (Wildman–Crippen LogP) is 5.43.